The second-order valence-corrected chi connectivity index (χ2v) is 3.92. The zero-order chi connectivity index (χ0) is 10.8. The summed E-state index contributed by atoms with van der Waals surface area (Å²) in [7, 11) is 2.02. The van der Waals surface area contributed by atoms with E-state index in [9.17, 15) is 0 Å². The fourth-order valence-corrected chi connectivity index (χ4v) is 1.72. The molecule has 0 aliphatic rings. The summed E-state index contributed by atoms with van der Waals surface area (Å²) < 4.78 is 2.08. The summed E-state index contributed by atoms with van der Waals surface area (Å²) in [5.74, 6) is 1.64. The van der Waals surface area contributed by atoms with Crippen LogP contribution in [0, 0.1) is 6.92 Å². The molecule has 80 valence electrons. The molecule has 15 heavy (non-hydrogen) atoms. The third-order valence-corrected chi connectivity index (χ3v) is 2.72. The Hall–Kier alpha value is -1.22. The van der Waals surface area contributed by atoms with Gasteiger partial charge < -0.3 is 9.88 Å². The summed E-state index contributed by atoms with van der Waals surface area (Å²) in [6, 6.07) is 6.18. The molecule has 2 rings (SSSR count). The minimum atomic E-state index is 0.610. The molecule has 1 heterocycles. The van der Waals surface area contributed by atoms with Crippen LogP contribution in [0.3, 0.4) is 0 Å². The highest BCUT2D eigenvalue weighted by Crippen LogP contribution is 2.19. The number of anilines is 1. The van der Waals surface area contributed by atoms with Gasteiger partial charge in [-0.3, -0.25) is 0 Å². The number of rotatable bonds is 3. The van der Waals surface area contributed by atoms with Crippen molar-refractivity contribution in [2.45, 2.75) is 6.92 Å². The second-order valence-electron chi connectivity index (χ2n) is 3.54. The van der Waals surface area contributed by atoms with Crippen molar-refractivity contribution in [3.8, 4) is 0 Å². The van der Waals surface area contributed by atoms with Crippen molar-refractivity contribution in [1.29, 1.82) is 0 Å². The first-order valence-electron chi connectivity index (χ1n) is 4.95. The summed E-state index contributed by atoms with van der Waals surface area (Å²) >= 11 is 5.62. The molecular formula is C11H14ClN3. The van der Waals surface area contributed by atoms with E-state index in [1.807, 2.05) is 14.0 Å². The summed E-state index contributed by atoms with van der Waals surface area (Å²) in [6.07, 6.45) is 0. The number of benzene rings is 1. The quantitative estimate of drug-likeness (QED) is 0.811. The minimum absolute atomic E-state index is 0.610. The van der Waals surface area contributed by atoms with Crippen LogP contribution in [0.4, 0.5) is 5.69 Å². The first-order valence-corrected chi connectivity index (χ1v) is 5.49. The first-order chi connectivity index (χ1) is 7.22. The predicted molar refractivity (Wildman–Crippen MR) is 64.7 cm³/mol. The third-order valence-electron chi connectivity index (χ3n) is 2.53. The topological polar surface area (TPSA) is 29.9 Å². The molecule has 0 aliphatic carbocycles. The zero-order valence-corrected chi connectivity index (χ0v) is 9.67. The Bertz CT molecular complexity index is 476. The standard InChI is InChI=1S/C11H14ClN3/c1-8-14-10-7-9(13-6-5-12)3-4-11(10)15(8)2/h3-4,7,13H,5-6H2,1-2H3. The molecule has 1 aromatic carbocycles. The summed E-state index contributed by atoms with van der Waals surface area (Å²) in [5, 5.41) is 3.23. The number of nitrogens with one attached hydrogen (secondary N) is 1. The molecular weight excluding hydrogens is 210 g/mol. The lowest BCUT2D eigenvalue weighted by Crippen LogP contribution is -2.01. The Balaban J connectivity index is 2.39. The largest absolute Gasteiger partial charge is 0.384 e. The fourth-order valence-electron chi connectivity index (χ4n) is 1.62. The molecule has 2 aromatic rings. The summed E-state index contributed by atoms with van der Waals surface area (Å²) in [4.78, 5) is 4.47. The van der Waals surface area contributed by atoms with E-state index < -0.39 is 0 Å². The molecule has 1 aromatic heterocycles. The Morgan fingerprint density at radius 1 is 1.47 bits per heavy atom. The normalized spacial score (nSPS) is 10.9. The van der Waals surface area contributed by atoms with Gasteiger partial charge in [0.15, 0.2) is 0 Å². The maximum absolute atomic E-state index is 5.62. The highest BCUT2D eigenvalue weighted by Gasteiger charge is 2.03. The van der Waals surface area contributed by atoms with Crippen molar-refractivity contribution in [1.82, 2.24) is 9.55 Å². The van der Waals surface area contributed by atoms with Gasteiger partial charge in [0.2, 0.25) is 0 Å². The van der Waals surface area contributed by atoms with Crippen molar-refractivity contribution in [3.05, 3.63) is 24.0 Å². The highest BCUT2D eigenvalue weighted by atomic mass is 35.5. The molecule has 0 fully saturated rings. The van der Waals surface area contributed by atoms with Gasteiger partial charge in [0.05, 0.1) is 11.0 Å². The predicted octanol–water partition coefficient (Wildman–Crippen LogP) is 2.53. The molecule has 0 bridgehead atoms. The average Bonchev–Trinajstić information content (AvgIpc) is 2.52. The summed E-state index contributed by atoms with van der Waals surface area (Å²) in [5.41, 5.74) is 3.25. The van der Waals surface area contributed by atoms with Gasteiger partial charge in [0, 0.05) is 25.2 Å². The van der Waals surface area contributed by atoms with Crippen LogP contribution in [0.15, 0.2) is 18.2 Å². The van der Waals surface area contributed by atoms with Crippen LogP contribution < -0.4 is 5.32 Å². The van der Waals surface area contributed by atoms with E-state index in [1.54, 1.807) is 0 Å². The van der Waals surface area contributed by atoms with E-state index in [-0.39, 0.29) is 0 Å². The number of halogens is 1. The zero-order valence-electron chi connectivity index (χ0n) is 8.92. The Morgan fingerprint density at radius 2 is 2.27 bits per heavy atom. The molecule has 0 spiro atoms. The molecule has 1 N–H and O–H groups in total. The van der Waals surface area contributed by atoms with Crippen molar-refractivity contribution < 1.29 is 0 Å². The van der Waals surface area contributed by atoms with Crippen molar-refractivity contribution >= 4 is 28.3 Å². The van der Waals surface area contributed by atoms with Gasteiger partial charge in [-0.15, -0.1) is 11.6 Å². The third kappa shape index (κ3) is 1.92. The first kappa shape index (κ1) is 10.3. The second kappa shape index (κ2) is 4.11. The monoisotopic (exact) mass is 223 g/mol. The molecule has 0 atom stereocenters. The molecule has 0 unspecified atom stereocenters. The van der Waals surface area contributed by atoms with Crippen molar-refractivity contribution in [3.63, 3.8) is 0 Å². The van der Waals surface area contributed by atoms with Crippen LogP contribution in [0.2, 0.25) is 0 Å². The number of aromatic nitrogens is 2. The van der Waals surface area contributed by atoms with Gasteiger partial charge in [-0.25, -0.2) is 4.98 Å². The number of hydrogen-bond donors (Lipinski definition) is 1. The minimum Gasteiger partial charge on any atom is -0.384 e. The van der Waals surface area contributed by atoms with Gasteiger partial charge in [-0.1, -0.05) is 0 Å². The van der Waals surface area contributed by atoms with Gasteiger partial charge in [-0.2, -0.15) is 0 Å². The SMILES string of the molecule is Cc1nc2cc(NCCCl)ccc2n1C. The lowest BCUT2D eigenvalue weighted by Gasteiger charge is -2.03. The van der Waals surface area contributed by atoms with Crippen molar-refractivity contribution in [2.24, 2.45) is 7.05 Å². The van der Waals surface area contributed by atoms with E-state index in [1.165, 1.54) is 0 Å². The van der Waals surface area contributed by atoms with Crippen LogP contribution in [-0.2, 0) is 7.05 Å². The lowest BCUT2D eigenvalue weighted by molar-refractivity contribution is 0.886. The molecule has 0 aliphatic heterocycles. The van der Waals surface area contributed by atoms with E-state index >= 15 is 0 Å². The van der Waals surface area contributed by atoms with Crippen LogP contribution in [0.5, 0.6) is 0 Å². The number of aryl methyl sites for hydroxylation is 2. The maximum Gasteiger partial charge on any atom is 0.106 e. The van der Waals surface area contributed by atoms with Crippen LogP contribution in [0.25, 0.3) is 11.0 Å². The number of alkyl halides is 1. The Kier molecular flexibility index (Phi) is 2.82. The molecule has 3 nitrogen and oxygen atoms in total. The fraction of sp³-hybridized carbons (Fsp3) is 0.364. The number of fused-ring (bicyclic) bond motifs is 1. The molecule has 0 saturated carbocycles. The number of nitrogens with zero attached hydrogens (tertiary/aromatic N) is 2. The van der Waals surface area contributed by atoms with E-state index in [4.69, 9.17) is 11.6 Å². The van der Waals surface area contributed by atoms with Crippen molar-refractivity contribution in [2.75, 3.05) is 17.7 Å². The molecule has 0 saturated heterocycles. The molecule has 0 amide bonds. The number of imidazole rings is 1. The van der Waals surface area contributed by atoms with Crippen LogP contribution in [0.1, 0.15) is 5.82 Å². The summed E-state index contributed by atoms with van der Waals surface area (Å²) in [6.45, 7) is 2.78. The van der Waals surface area contributed by atoms with Crippen LogP contribution in [-0.4, -0.2) is 22.0 Å². The molecule has 0 radical (unpaired) electrons. The van der Waals surface area contributed by atoms with Crippen LogP contribution >= 0.6 is 11.6 Å². The number of hydrogen-bond acceptors (Lipinski definition) is 2. The molecule has 4 heteroatoms. The maximum atomic E-state index is 5.62. The lowest BCUT2D eigenvalue weighted by atomic mass is 10.2. The van der Waals surface area contributed by atoms with Gasteiger partial charge in [0.25, 0.3) is 0 Å². The van der Waals surface area contributed by atoms with E-state index in [0.29, 0.717) is 5.88 Å². The van der Waals surface area contributed by atoms with Gasteiger partial charge in [-0.05, 0) is 25.1 Å². The van der Waals surface area contributed by atoms with E-state index in [2.05, 4.69) is 33.1 Å². The average molecular weight is 224 g/mol. The Morgan fingerprint density at radius 3 is 3.00 bits per heavy atom. The highest BCUT2D eigenvalue weighted by molar-refractivity contribution is 6.18. The van der Waals surface area contributed by atoms with E-state index in [0.717, 1.165) is 29.1 Å². The Labute approximate surface area is 94.1 Å². The van der Waals surface area contributed by atoms with Gasteiger partial charge >= 0.3 is 0 Å². The smallest absolute Gasteiger partial charge is 0.106 e. The van der Waals surface area contributed by atoms with Gasteiger partial charge in [0.1, 0.15) is 5.82 Å².